The van der Waals surface area contributed by atoms with Crippen molar-refractivity contribution in [1.29, 1.82) is 0 Å². The summed E-state index contributed by atoms with van der Waals surface area (Å²) in [4.78, 5) is 37.2. The Labute approximate surface area is 146 Å². The van der Waals surface area contributed by atoms with Crippen molar-refractivity contribution in [3.8, 4) is 0 Å². The summed E-state index contributed by atoms with van der Waals surface area (Å²) in [5.74, 6) is -1.46. The lowest BCUT2D eigenvalue weighted by Gasteiger charge is -2.21. The second-order valence-electron chi connectivity index (χ2n) is 6.24. The Kier molecular flexibility index (Phi) is 5.97. The molecular weight excluding hydrogens is 326 g/mol. The van der Waals surface area contributed by atoms with E-state index in [4.69, 9.17) is 4.74 Å². The highest BCUT2D eigenvalue weighted by Crippen LogP contribution is 2.23. The molecule has 2 unspecified atom stereocenters. The Morgan fingerprint density at radius 1 is 1.32 bits per heavy atom. The maximum absolute atomic E-state index is 12.7. The first-order valence-electron chi connectivity index (χ1n) is 8.06. The summed E-state index contributed by atoms with van der Waals surface area (Å²) in [6.07, 6.45) is -0.0464. The van der Waals surface area contributed by atoms with Gasteiger partial charge in [0.15, 0.2) is 0 Å². The molecule has 1 aliphatic heterocycles. The number of amides is 3. The fourth-order valence-corrected chi connectivity index (χ4v) is 2.75. The molecule has 8 nitrogen and oxygen atoms in total. The number of methoxy groups -OCH3 is 1. The van der Waals surface area contributed by atoms with Crippen LogP contribution in [0, 0.1) is 0 Å². The zero-order valence-electron chi connectivity index (χ0n) is 14.5. The monoisotopic (exact) mass is 349 g/mol. The molecule has 8 heteroatoms. The molecule has 1 aromatic carbocycles. The molecule has 1 heterocycles. The molecule has 1 saturated heterocycles. The van der Waals surface area contributed by atoms with Gasteiger partial charge in [-0.15, -0.1) is 0 Å². The highest BCUT2D eigenvalue weighted by atomic mass is 16.5. The fraction of sp³-hybridized carbons (Fsp3) is 0.471. The van der Waals surface area contributed by atoms with Gasteiger partial charge in [-0.3, -0.25) is 4.79 Å². The Morgan fingerprint density at radius 3 is 2.64 bits per heavy atom. The van der Waals surface area contributed by atoms with E-state index in [0.29, 0.717) is 11.3 Å². The molecule has 136 valence electrons. The minimum absolute atomic E-state index is 0.0169. The number of carboxylic acid groups (broad SMARTS) is 1. The zero-order valence-corrected chi connectivity index (χ0v) is 14.5. The number of hydrogen-bond donors (Lipinski definition) is 3. The van der Waals surface area contributed by atoms with E-state index in [2.05, 4.69) is 10.6 Å². The van der Waals surface area contributed by atoms with Gasteiger partial charge >= 0.3 is 12.0 Å². The average Bonchev–Trinajstić information content (AvgIpc) is 2.98. The molecule has 0 saturated carbocycles. The van der Waals surface area contributed by atoms with Gasteiger partial charge < -0.3 is 25.4 Å². The van der Waals surface area contributed by atoms with E-state index in [-0.39, 0.29) is 31.1 Å². The smallest absolute Gasteiger partial charge is 0.326 e. The summed E-state index contributed by atoms with van der Waals surface area (Å²) >= 11 is 0. The zero-order chi connectivity index (χ0) is 18.6. The maximum atomic E-state index is 12.7. The Hall–Kier alpha value is -2.61. The first-order chi connectivity index (χ1) is 11.8. The van der Waals surface area contributed by atoms with Crippen LogP contribution in [0.15, 0.2) is 24.3 Å². The summed E-state index contributed by atoms with van der Waals surface area (Å²) in [7, 11) is 1.50. The van der Waals surface area contributed by atoms with Gasteiger partial charge in [-0.25, -0.2) is 9.59 Å². The van der Waals surface area contributed by atoms with Gasteiger partial charge in [0, 0.05) is 37.4 Å². The lowest BCUT2D eigenvalue weighted by atomic mass is 10.1. The van der Waals surface area contributed by atoms with Crippen molar-refractivity contribution in [3.63, 3.8) is 0 Å². The van der Waals surface area contributed by atoms with Crippen LogP contribution in [0.2, 0.25) is 0 Å². The van der Waals surface area contributed by atoms with Crippen molar-refractivity contribution in [2.75, 3.05) is 19.0 Å². The van der Waals surface area contributed by atoms with Gasteiger partial charge in [-0.05, 0) is 32.0 Å². The van der Waals surface area contributed by atoms with Crippen LogP contribution in [0.5, 0.6) is 0 Å². The number of benzene rings is 1. The number of hydrogen-bond acceptors (Lipinski definition) is 4. The molecule has 0 radical (unpaired) electrons. The van der Waals surface area contributed by atoms with Crippen molar-refractivity contribution in [1.82, 2.24) is 10.2 Å². The van der Waals surface area contributed by atoms with Crippen LogP contribution in [-0.2, 0) is 9.53 Å². The van der Waals surface area contributed by atoms with Crippen LogP contribution in [0.1, 0.15) is 30.6 Å². The molecule has 0 aliphatic carbocycles. The van der Waals surface area contributed by atoms with Crippen LogP contribution in [0.25, 0.3) is 0 Å². The summed E-state index contributed by atoms with van der Waals surface area (Å²) < 4.78 is 5.20. The van der Waals surface area contributed by atoms with E-state index in [1.807, 2.05) is 13.8 Å². The van der Waals surface area contributed by atoms with E-state index < -0.39 is 17.9 Å². The van der Waals surface area contributed by atoms with E-state index in [1.165, 1.54) is 18.1 Å². The number of carbonyl (C=O) groups is 3. The van der Waals surface area contributed by atoms with Crippen LogP contribution >= 0.6 is 0 Å². The summed E-state index contributed by atoms with van der Waals surface area (Å²) in [5.41, 5.74) is 0.767. The number of nitrogens with zero attached hydrogens (tertiary/aromatic N) is 1. The molecule has 25 heavy (non-hydrogen) atoms. The largest absolute Gasteiger partial charge is 0.480 e. The predicted octanol–water partition coefficient (Wildman–Crippen LogP) is 1.53. The van der Waals surface area contributed by atoms with Crippen molar-refractivity contribution in [3.05, 3.63) is 29.8 Å². The first kappa shape index (κ1) is 18.7. The molecule has 3 amide bonds. The number of ether oxygens (including phenoxy) is 1. The van der Waals surface area contributed by atoms with Gasteiger partial charge in [0.2, 0.25) is 0 Å². The number of likely N-dealkylation sites (tertiary alicyclic amines) is 1. The summed E-state index contributed by atoms with van der Waals surface area (Å²) in [6.45, 7) is 3.90. The standard InChI is InChI=1S/C17H23N3O5/c1-10(2)18-17(24)19-12-6-4-5-11(7-12)15(21)20-9-13(25-3)8-14(20)16(22)23/h4-7,10,13-14H,8-9H2,1-3H3,(H,22,23)(H2,18,19,24). The van der Waals surface area contributed by atoms with Gasteiger partial charge in [0.05, 0.1) is 6.10 Å². The highest BCUT2D eigenvalue weighted by Gasteiger charge is 2.40. The third-order valence-electron chi connectivity index (χ3n) is 3.93. The van der Waals surface area contributed by atoms with Crippen molar-refractivity contribution >= 4 is 23.6 Å². The fourth-order valence-electron chi connectivity index (χ4n) is 2.75. The Balaban J connectivity index is 2.15. The molecule has 1 fully saturated rings. The molecule has 1 aromatic rings. The third-order valence-corrected chi connectivity index (χ3v) is 3.93. The summed E-state index contributed by atoms with van der Waals surface area (Å²) in [6, 6.07) is 5.11. The number of carboxylic acids is 1. The van der Waals surface area contributed by atoms with Crippen molar-refractivity contribution < 1.29 is 24.2 Å². The van der Waals surface area contributed by atoms with Crippen LogP contribution < -0.4 is 10.6 Å². The average molecular weight is 349 g/mol. The minimum Gasteiger partial charge on any atom is -0.480 e. The van der Waals surface area contributed by atoms with E-state index in [1.54, 1.807) is 18.2 Å². The van der Waals surface area contributed by atoms with E-state index in [0.717, 1.165) is 0 Å². The molecule has 0 bridgehead atoms. The lowest BCUT2D eigenvalue weighted by molar-refractivity contribution is -0.141. The van der Waals surface area contributed by atoms with Crippen LogP contribution in [-0.4, -0.2) is 59.8 Å². The third kappa shape index (κ3) is 4.69. The lowest BCUT2D eigenvalue weighted by Crippen LogP contribution is -2.40. The number of nitrogens with one attached hydrogen (secondary N) is 2. The molecule has 2 rings (SSSR count). The first-order valence-corrected chi connectivity index (χ1v) is 8.06. The quantitative estimate of drug-likeness (QED) is 0.747. The molecule has 0 spiro atoms. The van der Waals surface area contributed by atoms with Crippen molar-refractivity contribution in [2.45, 2.75) is 38.5 Å². The molecule has 2 atom stereocenters. The van der Waals surface area contributed by atoms with Gasteiger partial charge in [-0.1, -0.05) is 6.07 Å². The van der Waals surface area contributed by atoms with Crippen LogP contribution in [0.4, 0.5) is 10.5 Å². The second kappa shape index (κ2) is 7.98. The number of aliphatic carboxylic acids is 1. The topological polar surface area (TPSA) is 108 Å². The number of urea groups is 1. The number of rotatable bonds is 5. The highest BCUT2D eigenvalue weighted by molar-refractivity contribution is 5.99. The number of carbonyl (C=O) groups excluding carboxylic acids is 2. The summed E-state index contributed by atoms with van der Waals surface area (Å²) in [5, 5.41) is 14.7. The van der Waals surface area contributed by atoms with Crippen molar-refractivity contribution in [2.24, 2.45) is 0 Å². The predicted molar refractivity (Wildman–Crippen MR) is 91.6 cm³/mol. The van der Waals surface area contributed by atoms with E-state index >= 15 is 0 Å². The molecule has 1 aliphatic rings. The van der Waals surface area contributed by atoms with Gasteiger partial charge in [0.1, 0.15) is 6.04 Å². The normalized spacial score (nSPS) is 19.8. The molecular formula is C17H23N3O5. The van der Waals surface area contributed by atoms with E-state index in [9.17, 15) is 19.5 Å². The Morgan fingerprint density at radius 2 is 2.04 bits per heavy atom. The van der Waals surface area contributed by atoms with Gasteiger partial charge in [0.25, 0.3) is 5.91 Å². The molecule has 0 aromatic heterocycles. The molecule has 3 N–H and O–H groups in total. The SMILES string of the molecule is COC1CC(C(=O)O)N(C(=O)c2cccc(NC(=O)NC(C)C)c2)C1. The second-order valence-corrected chi connectivity index (χ2v) is 6.24. The maximum Gasteiger partial charge on any atom is 0.326 e. The van der Waals surface area contributed by atoms with Gasteiger partial charge in [-0.2, -0.15) is 0 Å². The van der Waals surface area contributed by atoms with Crippen LogP contribution in [0.3, 0.4) is 0 Å². The Bertz CT molecular complexity index is 661. The minimum atomic E-state index is -1.06. The number of anilines is 1.